The number of carbonyl (C=O) groups excluding carboxylic acids is 1. The van der Waals surface area contributed by atoms with E-state index in [9.17, 15) is 4.79 Å². The summed E-state index contributed by atoms with van der Waals surface area (Å²) in [5.41, 5.74) is 0.771. The summed E-state index contributed by atoms with van der Waals surface area (Å²) in [6, 6.07) is 0. The molecule has 0 aromatic carbocycles. The Kier molecular flexibility index (Phi) is 5.06. The summed E-state index contributed by atoms with van der Waals surface area (Å²) >= 11 is 0. The minimum Gasteiger partial charge on any atom is -0.348 e. The van der Waals surface area contributed by atoms with Gasteiger partial charge in [-0.1, -0.05) is 0 Å². The molecule has 1 fully saturated rings. The molecule has 1 aromatic heterocycles. The van der Waals surface area contributed by atoms with Crippen molar-refractivity contribution in [3.8, 4) is 0 Å². The molecule has 1 amide bonds. The molecular weight excluding hydrogens is 252 g/mol. The average Bonchev–Trinajstić information content (AvgIpc) is 2.48. The Morgan fingerprint density at radius 2 is 2.30 bits per heavy atom. The molecule has 0 spiro atoms. The van der Waals surface area contributed by atoms with E-state index in [0.717, 1.165) is 50.9 Å². The summed E-state index contributed by atoms with van der Waals surface area (Å²) in [4.78, 5) is 22.6. The molecule has 1 unspecified atom stereocenters. The lowest BCUT2D eigenvalue weighted by molar-refractivity contribution is -0.141. The van der Waals surface area contributed by atoms with Gasteiger partial charge in [0.15, 0.2) is 0 Å². The van der Waals surface area contributed by atoms with Gasteiger partial charge < -0.3 is 10.2 Å². The summed E-state index contributed by atoms with van der Waals surface area (Å²) in [6.07, 6.45) is 10.0. The lowest BCUT2D eigenvalue weighted by Crippen LogP contribution is -2.50. The maximum absolute atomic E-state index is 12.5. The van der Waals surface area contributed by atoms with E-state index in [1.165, 1.54) is 0 Å². The van der Waals surface area contributed by atoms with Gasteiger partial charge in [0, 0.05) is 39.2 Å². The van der Waals surface area contributed by atoms with Crippen LogP contribution in [0.25, 0.3) is 0 Å². The van der Waals surface area contributed by atoms with E-state index in [0.29, 0.717) is 0 Å². The van der Waals surface area contributed by atoms with Crippen LogP contribution < -0.4 is 5.32 Å². The fourth-order valence-corrected chi connectivity index (χ4v) is 3.01. The number of aromatic nitrogens is 2. The summed E-state index contributed by atoms with van der Waals surface area (Å²) in [5, 5.41) is 3.38. The van der Waals surface area contributed by atoms with Gasteiger partial charge in [-0.25, -0.2) is 0 Å². The van der Waals surface area contributed by atoms with Gasteiger partial charge in [0.1, 0.15) is 0 Å². The van der Waals surface area contributed by atoms with Crippen molar-refractivity contribution in [3.05, 3.63) is 24.3 Å². The van der Waals surface area contributed by atoms with Crippen molar-refractivity contribution in [2.45, 2.75) is 32.1 Å². The molecule has 0 bridgehead atoms. The number of nitrogens with zero attached hydrogens (tertiary/aromatic N) is 3. The second kappa shape index (κ2) is 6.79. The maximum atomic E-state index is 12.5. The summed E-state index contributed by atoms with van der Waals surface area (Å²) in [6.45, 7) is 1.82. The number of rotatable bonds is 5. The molecule has 110 valence electrons. The second-order valence-electron chi connectivity index (χ2n) is 5.81. The van der Waals surface area contributed by atoms with Gasteiger partial charge in [-0.2, -0.15) is 0 Å². The summed E-state index contributed by atoms with van der Waals surface area (Å²) < 4.78 is 0. The van der Waals surface area contributed by atoms with Crippen LogP contribution in [0.5, 0.6) is 0 Å². The second-order valence-corrected chi connectivity index (χ2v) is 5.81. The van der Waals surface area contributed by atoms with Crippen molar-refractivity contribution >= 4 is 5.91 Å². The number of amides is 1. The van der Waals surface area contributed by atoms with Gasteiger partial charge >= 0.3 is 0 Å². The molecule has 0 radical (unpaired) electrons. The van der Waals surface area contributed by atoms with E-state index in [-0.39, 0.29) is 11.3 Å². The lowest BCUT2D eigenvalue weighted by atomic mass is 9.75. The van der Waals surface area contributed by atoms with Crippen molar-refractivity contribution in [2.24, 2.45) is 5.41 Å². The third-order valence-corrected chi connectivity index (χ3v) is 4.04. The molecule has 0 aliphatic carbocycles. The molecule has 1 aromatic rings. The normalized spacial score (nSPS) is 22.5. The largest absolute Gasteiger partial charge is 0.348 e. The van der Waals surface area contributed by atoms with Gasteiger partial charge in [0.05, 0.1) is 11.1 Å². The molecule has 5 heteroatoms. The average molecular weight is 276 g/mol. The van der Waals surface area contributed by atoms with Crippen molar-refractivity contribution in [1.82, 2.24) is 20.2 Å². The minimum atomic E-state index is -0.232. The maximum Gasteiger partial charge on any atom is 0.229 e. The number of nitrogens with one attached hydrogen (secondary N) is 1. The van der Waals surface area contributed by atoms with E-state index in [1.54, 1.807) is 23.5 Å². The number of hydrogen-bond donors (Lipinski definition) is 1. The summed E-state index contributed by atoms with van der Waals surface area (Å²) in [7, 11) is 3.70. The van der Waals surface area contributed by atoms with Crippen LogP contribution in [0.3, 0.4) is 0 Å². The van der Waals surface area contributed by atoms with Gasteiger partial charge in [-0.05, 0) is 38.6 Å². The Labute approximate surface area is 120 Å². The monoisotopic (exact) mass is 276 g/mol. The van der Waals surface area contributed by atoms with Crippen molar-refractivity contribution in [2.75, 3.05) is 27.2 Å². The third-order valence-electron chi connectivity index (χ3n) is 4.04. The first-order chi connectivity index (χ1) is 9.64. The first kappa shape index (κ1) is 14.9. The standard InChI is InChI=1S/C15H24N4O/c1-19(2)14(20)15(7-4-8-17-12-15)6-3-5-13-11-16-9-10-18-13/h9-11,17H,3-8,12H2,1-2H3. The van der Waals surface area contributed by atoms with Crippen molar-refractivity contribution < 1.29 is 4.79 Å². The molecule has 1 atom stereocenters. The Morgan fingerprint density at radius 3 is 2.90 bits per heavy atom. The van der Waals surface area contributed by atoms with Crippen molar-refractivity contribution in [3.63, 3.8) is 0 Å². The SMILES string of the molecule is CN(C)C(=O)C1(CCCc2cnccn2)CCCNC1. The number of piperidine rings is 1. The van der Waals surface area contributed by atoms with Crippen molar-refractivity contribution in [1.29, 1.82) is 0 Å². The molecular formula is C15H24N4O. The molecule has 1 aliphatic rings. The van der Waals surface area contributed by atoms with Gasteiger partial charge in [-0.3, -0.25) is 14.8 Å². The van der Waals surface area contributed by atoms with Gasteiger partial charge in [0.2, 0.25) is 5.91 Å². The van der Waals surface area contributed by atoms with Crippen LogP contribution in [0.4, 0.5) is 0 Å². The Morgan fingerprint density at radius 1 is 1.45 bits per heavy atom. The fraction of sp³-hybridized carbons (Fsp3) is 0.667. The van der Waals surface area contributed by atoms with E-state index in [4.69, 9.17) is 0 Å². The molecule has 0 saturated carbocycles. The van der Waals surface area contributed by atoms with E-state index >= 15 is 0 Å². The zero-order valence-corrected chi connectivity index (χ0v) is 12.4. The third kappa shape index (κ3) is 3.54. The predicted octanol–water partition coefficient (Wildman–Crippen LogP) is 1.26. The first-order valence-corrected chi connectivity index (χ1v) is 7.31. The van der Waals surface area contributed by atoms with E-state index in [2.05, 4.69) is 15.3 Å². The molecule has 5 nitrogen and oxygen atoms in total. The molecule has 1 aliphatic heterocycles. The molecule has 20 heavy (non-hydrogen) atoms. The highest BCUT2D eigenvalue weighted by atomic mass is 16.2. The van der Waals surface area contributed by atoms with Gasteiger partial charge in [-0.15, -0.1) is 0 Å². The van der Waals surface area contributed by atoms with Crippen LogP contribution in [-0.2, 0) is 11.2 Å². The quantitative estimate of drug-likeness (QED) is 0.879. The van der Waals surface area contributed by atoms with Gasteiger partial charge in [0.25, 0.3) is 0 Å². The zero-order valence-electron chi connectivity index (χ0n) is 12.4. The number of aryl methyl sites for hydroxylation is 1. The van der Waals surface area contributed by atoms with E-state index in [1.807, 2.05) is 14.1 Å². The summed E-state index contributed by atoms with van der Waals surface area (Å²) in [5.74, 6) is 0.254. The Bertz CT molecular complexity index is 427. The Hall–Kier alpha value is -1.49. The van der Waals surface area contributed by atoms with Crippen LogP contribution in [-0.4, -0.2) is 48.0 Å². The van der Waals surface area contributed by atoms with Crippen LogP contribution in [0.2, 0.25) is 0 Å². The van der Waals surface area contributed by atoms with Crippen LogP contribution in [0, 0.1) is 5.41 Å². The topological polar surface area (TPSA) is 58.1 Å². The predicted molar refractivity (Wildman–Crippen MR) is 78.2 cm³/mol. The smallest absolute Gasteiger partial charge is 0.229 e. The highest BCUT2D eigenvalue weighted by molar-refractivity contribution is 5.82. The number of carbonyl (C=O) groups is 1. The minimum absolute atomic E-state index is 0.232. The Balaban J connectivity index is 1.96. The number of hydrogen-bond acceptors (Lipinski definition) is 4. The first-order valence-electron chi connectivity index (χ1n) is 7.31. The fourth-order valence-electron chi connectivity index (χ4n) is 3.01. The highest BCUT2D eigenvalue weighted by Crippen LogP contribution is 2.33. The van der Waals surface area contributed by atoms with E-state index < -0.39 is 0 Å². The zero-order chi connectivity index (χ0) is 14.4. The van der Waals surface area contributed by atoms with Crippen LogP contribution in [0.15, 0.2) is 18.6 Å². The lowest BCUT2D eigenvalue weighted by Gasteiger charge is -2.38. The molecule has 2 rings (SSSR count). The molecule has 1 saturated heterocycles. The van der Waals surface area contributed by atoms with Crippen LogP contribution >= 0.6 is 0 Å². The van der Waals surface area contributed by atoms with Crippen LogP contribution in [0.1, 0.15) is 31.4 Å². The molecule has 1 N–H and O–H groups in total. The highest BCUT2D eigenvalue weighted by Gasteiger charge is 2.39. The molecule has 2 heterocycles.